The maximum Gasteiger partial charge on any atom is 0.236 e. The molecular weight excluding hydrogens is 282 g/mol. The van der Waals surface area contributed by atoms with Gasteiger partial charge in [-0.05, 0) is 44.8 Å². The van der Waals surface area contributed by atoms with Crippen molar-refractivity contribution in [2.45, 2.75) is 31.8 Å². The van der Waals surface area contributed by atoms with Crippen molar-refractivity contribution < 1.29 is 14.3 Å². The third-order valence-electron chi connectivity index (χ3n) is 5.61. The van der Waals surface area contributed by atoms with E-state index in [4.69, 9.17) is 14.3 Å². The van der Waals surface area contributed by atoms with Crippen molar-refractivity contribution in [2.24, 2.45) is 16.5 Å². The van der Waals surface area contributed by atoms with E-state index in [2.05, 4.69) is 15.4 Å². The van der Waals surface area contributed by atoms with Gasteiger partial charge >= 0.3 is 0 Å². The number of likely N-dealkylation sites (tertiary alicyclic amines) is 1. The summed E-state index contributed by atoms with van der Waals surface area (Å²) in [6.07, 6.45) is 5.14. The lowest BCUT2D eigenvalue weighted by Crippen LogP contribution is -2.51. The van der Waals surface area contributed by atoms with Gasteiger partial charge in [0, 0.05) is 19.7 Å². The predicted octanol–water partition coefficient (Wildman–Crippen LogP) is 0.827. The number of hydrogen-bond donors (Lipinski definition) is 1. The van der Waals surface area contributed by atoms with Crippen molar-refractivity contribution in [2.75, 3.05) is 52.5 Å². The van der Waals surface area contributed by atoms with Crippen molar-refractivity contribution >= 4 is 5.90 Å². The fourth-order valence-corrected chi connectivity index (χ4v) is 4.27. The van der Waals surface area contributed by atoms with Crippen LogP contribution in [0.4, 0.5) is 0 Å². The number of ether oxygens (including phenoxy) is 2. The number of rotatable bonds is 3. The molecule has 0 aromatic carbocycles. The third-order valence-corrected chi connectivity index (χ3v) is 5.61. The van der Waals surface area contributed by atoms with Gasteiger partial charge in [0.2, 0.25) is 5.90 Å². The average Bonchev–Trinajstić information content (AvgIpc) is 3.01. The van der Waals surface area contributed by atoms with E-state index < -0.39 is 0 Å². The summed E-state index contributed by atoms with van der Waals surface area (Å²) >= 11 is 0. The molecule has 4 rings (SSSR count). The monoisotopic (exact) mass is 309 g/mol. The number of piperidine rings is 1. The van der Waals surface area contributed by atoms with Gasteiger partial charge in [-0.2, -0.15) is 0 Å². The molecule has 6 nitrogen and oxygen atoms in total. The fraction of sp³-hybridized carbons (Fsp3) is 0.938. The Morgan fingerprint density at radius 2 is 2.18 bits per heavy atom. The van der Waals surface area contributed by atoms with E-state index in [1.807, 2.05) is 0 Å². The Morgan fingerprint density at radius 1 is 1.27 bits per heavy atom. The molecule has 3 saturated heterocycles. The molecule has 0 aromatic heterocycles. The van der Waals surface area contributed by atoms with Crippen LogP contribution >= 0.6 is 0 Å². The van der Waals surface area contributed by atoms with Crippen molar-refractivity contribution in [3.63, 3.8) is 0 Å². The van der Waals surface area contributed by atoms with E-state index in [1.54, 1.807) is 0 Å². The SMILES string of the molecule is C1CCN(C[C@@H]2CON=C([C@@]34CNC[C@@H]3CCOC4)O2)CC1. The predicted molar refractivity (Wildman–Crippen MR) is 82.8 cm³/mol. The van der Waals surface area contributed by atoms with Gasteiger partial charge in [0.25, 0.3) is 0 Å². The second-order valence-electron chi connectivity index (χ2n) is 7.12. The summed E-state index contributed by atoms with van der Waals surface area (Å²) in [6, 6.07) is 0. The smallest absolute Gasteiger partial charge is 0.236 e. The summed E-state index contributed by atoms with van der Waals surface area (Å²) in [4.78, 5) is 8.05. The number of nitrogens with zero attached hydrogens (tertiary/aromatic N) is 2. The average molecular weight is 309 g/mol. The first-order chi connectivity index (χ1) is 10.9. The van der Waals surface area contributed by atoms with Crippen LogP contribution in [0.5, 0.6) is 0 Å². The molecule has 4 aliphatic heterocycles. The molecule has 0 saturated carbocycles. The first kappa shape index (κ1) is 14.7. The van der Waals surface area contributed by atoms with Gasteiger partial charge in [0.15, 0.2) is 6.61 Å². The molecule has 0 amide bonds. The first-order valence-corrected chi connectivity index (χ1v) is 8.75. The summed E-state index contributed by atoms with van der Waals surface area (Å²) < 4.78 is 12.1. The van der Waals surface area contributed by atoms with Crippen LogP contribution in [0, 0.1) is 11.3 Å². The highest BCUT2D eigenvalue weighted by molar-refractivity contribution is 5.84. The molecule has 0 aliphatic carbocycles. The van der Waals surface area contributed by atoms with Crippen molar-refractivity contribution in [1.82, 2.24) is 10.2 Å². The minimum absolute atomic E-state index is 0.100. The highest BCUT2D eigenvalue weighted by atomic mass is 16.7. The van der Waals surface area contributed by atoms with E-state index in [0.29, 0.717) is 19.1 Å². The molecule has 4 heterocycles. The lowest BCUT2D eigenvalue weighted by atomic mass is 9.75. The second-order valence-corrected chi connectivity index (χ2v) is 7.12. The largest absolute Gasteiger partial charge is 0.470 e. The fourth-order valence-electron chi connectivity index (χ4n) is 4.27. The zero-order valence-electron chi connectivity index (χ0n) is 13.3. The molecule has 0 unspecified atom stereocenters. The van der Waals surface area contributed by atoms with Crippen LogP contribution in [0.1, 0.15) is 25.7 Å². The Labute approximate surface area is 132 Å². The van der Waals surface area contributed by atoms with Crippen LogP contribution in [-0.4, -0.2) is 69.4 Å². The van der Waals surface area contributed by atoms with Crippen molar-refractivity contribution in [3.05, 3.63) is 0 Å². The lowest BCUT2D eigenvalue weighted by Gasteiger charge is -2.41. The second kappa shape index (κ2) is 6.34. The van der Waals surface area contributed by atoms with Gasteiger partial charge < -0.3 is 19.6 Å². The molecular formula is C16H27N3O3. The highest BCUT2D eigenvalue weighted by Gasteiger charge is 2.52. The Bertz CT molecular complexity index is 425. The van der Waals surface area contributed by atoms with E-state index in [1.165, 1.54) is 32.4 Å². The molecule has 0 radical (unpaired) electrons. The zero-order valence-corrected chi connectivity index (χ0v) is 13.3. The van der Waals surface area contributed by atoms with Crippen LogP contribution < -0.4 is 5.32 Å². The quantitative estimate of drug-likeness (QED) is 0.837. The molecule has 1 N–H and O–H groups in total. The Morgan fingerprint density at radius 3 is 3.09 bits per heavy atom. The molecule has 3 fully saturated rings. The number of oxime groups is 1. The normalized spacial score (nSPS) is 39.5. The number of fused-ring (bicyclic) bond motifs is 1. The first-order valence-electron chi connectivity index (χ1n) is 8.75. The van der Waals surface area contributed by atoms with E-state index in [-0.39, 0.29) is 11.5 Å². The zero-order chi connectivity index (χ0) is 14.8. The van der Waals surface area contributed by atoms with Crippen LogP contribution in [0.15, 0.2) is 5.16 Å². The molecule has 22 heavy (non-hydrogen) atoms. The minimum Gasteiger partial charge on any atom is -0.470 e. The Kier molecular flexibility index (Phi) is 4.24. The van der Waals surface area contributed by atoms with E-state index in [0.717, 1.165) is 38.6 Å². The topological polar surface area (TPSA) is 55.3 Å². The third kappa shape index (κ3) is 2.72. The van der Waals surface area contributed by atoms with E-state index in [9.17, 15) is 0 Å². The Hall–Kier alpha value is -0.850. The van der Waals surface area contributed by atoms with Gasteiger partial charge in [-0.3, -0.25) is 4.90 Å². The molecule has 0 aromatic rings. The van der Waals surface area contributed by atoms with Crippen molar-refractivity contribution in [1.29, 1.82) is 0 Å². The van der Waals surface area contributed by atoms with Gasteiger partial charge in [-0.15, -0.1) is 0 Å². The summed E-state index contributed by atoms with van der Waals surface area (Å²) in [5, 5.41) is 7.78. The van der Waals surface area contributed by atoms with Gasteiger partial charge in [0.05, 0.1) is 12.0 Å². The van der Waals surface area contributed by atoms with E-state index >= 15 is 0 Å². The minimum atomic E-state index is -0.112. The van der Waals surface area contributed by atoms with Gasteiger partial charge in [-0.25, -0.2) is 0 Å². The van der Waals surface area contributed by atoms with Gasteiger partial charge in [-0.1, -0.05) is 11.6 Å². The number of hydrogen-bond acceptors (Lipinski definition) is 6. The molecule has 4 aliphatic rings. The maximum absolute atomic E-state index is 6.30. The Balaban J connectivity index is 1.42. The van der Waals surface area contributed by atoms with Crippen molar-refractivity contribution in [3.8, 4) is 0 Å². The molecule has 0 spiro atoms. The van der Waals surface area contributed by atoms with Crippen LogP contribution in [0.3, 0.4) is 0 Å². The van der Waals surface area contributed by atoms with Crippen LogP contribution in [0.25, 0.3) is 0 Å². The van der Waals surface area contributed by atoms with Crippen LogP contribution in [0.2, 0.25) is 0 Å². The lowest BCUT2D eigenvalue weighted by molar-refractivity contribution is -0.0501. The molecule has 6 heteroatoms. The van der Waals surface area contributed by atoms with Crippen LogP contribution in [-0.2, 0) is 14.3 Å². The summed E-state index contributed by atoms with van der Waals surface area (Å²) in [6.45, 7) is 7.35. The van der Waals surface area contributed by atoms with Gasteiger partial charge in [0.1, 0.15) is 6.10 Å². The molecule has 3 atom stereocenters. The highest BCUT2D eigenvalue weighted by Crippen LogP contribution is 2.40. The maximum atomic E-state index is 6.30. The summed E-state index contributed by atoms with van der Waals surface area (Å²) in [7, 11) is 0. The standard InChI is InChI=1S/C16H27N3O3/c1-2-5-19(6-3-1)9-14-10-21-18-15(22-14)16-11-17-8-13(16)4-7-20-12-16/h13-14,17H,1-12H2/t13-,14+,16+/m0/s1. The molecule has 124 valence electrons. The molecule has 0 bridgehead atoms. The summed E-state index contributed by atoms with van der Waals surface area (Å²) in [5.74, 6) is 1.33. The number of nitrogens with one attached hydrogen (secondary N) is 1. The summed E-state index contributed by atoms with van der Waals surface area (Å²) in [5.41, 5.74) is -0.112.